The van der Waals surface area contributed by atoms with Crippen molar-refractivity contribution in [1.29, 1.82) is 0 Å². The summed E-state index contributed by atoms with van der Waals surface area (Å²) in [4.78, 5) is 14.0. The lowest BCUT2D eigenvalue weighted by molar-refractivity contribution is -0.119. The maximum absolute atomic E-state index is 12.2. The van der Waals surface area contributed by atoms with Crippen molar-refractivity contribution in [3.05, 3.63) is 48.3 Å². The lowest BCUT2D eigenvalue weighted by Gasteiger charge is -2.21. The third-order valence-electron chi connectivity index (χ3n) is 2.79. The highest BCUT2D eigenvalue weighted by molar-refractivity contribution is 5.93. The highest BCUT2D eigenvalue weighted by Gasteiger charge is 2.14. The quantitative estimate of drug-likeness (QED) is 0.826. The van der Waals surface area contributed by atoms with E-state index in [9.17, 15) is 4.79 Å². The van der Waals surface area contributed by atoms with Crippen molar-refractivity contribution in [3.8, 4) is 0 Å². The zero-order valence-electron chi connectivity index (χ0n) is 10.7. The number of hydrogen-bond acceptors (Lipinski definition) is 2. The molecule has 2 rings (SSSR count). The third-order valence-corrected chi connectivity index (χ3v) is 2.79. The highest BCUT2D eigenvalue weighted by atomic mass is 16.2. The monoisotopic (exact) mass is 243 g/mol. The van der Waals surface area contributed by atoms with Gasteiger partial charge in [-0.3, -0.25) is 9.48 Å². The van der Waals surface area contributed by atoms with Crippen molar-refractivity contribution in [2.45, 2.75) is 20.4 Å². The van der Waals surface area contributed by atoms with Crippen LogP contribution >= 0.6 is 0 Å². The standard InChI is InChI=1S/C14H17N3O/c1-3-17(13-7-4-6-12(2)10-13)14(18)11-16-9-5-8-15-16/h4-10H,3,11H2,1-2H3. The van der Waals surface area contributed by atoms with Crippen LogP contribution in [0.1, 0.15) is 12.5 Å². The Morgan fingerprint density at radius 1 is 1.39 bits per heavy atom. The molecule has 2 aromatic rings. The van der Waals surface area contributed by atoms with Gasteiger partial charge in [-0.05, 0) is 37.6 Å². The fourth-order valence-electron chi connectivity index (χ4n) is 1.92. The Balaban J connectivity index is 2.15. The van der Waals surface area contributed by atoms with Gasteiger partial charge < -0.3 is 4.90 Å². The van der Waals surface area contributed by atoms with Gasteiger partial charge in [-0.15, -0.1) is 0 Å². The summed E-state index contributed by atoms with van der Waals surface area (Å²) in [5, 5.41) is 4.05. The van der Waals surface area contributed by atoms with Gasteiger partial charge >= 0.3 is 0 Å². The molecule has 94 valence electrons. The smallest absolute Gasteiger partial charge is 0.248 e. The molecule has 4 heteroatoms. The summed E-state index contributed by atoms with van der Waals surface area (Å²) in [5.74, 6) is 0.0480. The van der Waals surface area contributed by atoms with E-state index >= 15 is 0 Å². The number of carbonyl (C=O) groups excluding carboxylic acids is 1. The zero-order valence-corrected chi connectivity index (χ0v) is 10.7. The third kappa shape index (κ3) is 2.77. The van der Waals surface area contributed by atoms with E-state index in [-0.39, 0.29) is 12.5 Å². The van der Waals surface area contributed by atoms with E-state index in [0.29, 0.717) is 6.54 Å². The minimum Gasteiger partial charge on any atom is -0.311 e. The van der Waals surface area contributed by atoms with Gasteiger partial charge in [0.15, 0.2) is 0 Å². The van der Waals surface area contributed by atoms with Crippen LogP contribution in [-0.4, -0.2) is 22.2 Å². The molecule has 0 unspecified atom stereocenters. The number of rotatable bonds is 4. The summed E-state index contributed by atoms with van der Waals surface area (Å²) in [6, 6.07) is 9.78. The minimum absolute atomic E-state index is 0.0480. The first-order chi connectivity index (χ1) is 8.70. The largest absolute Gasteiger partial charge is 0.311 e. The molecule has 1 aromatic heterocycles. The second-order valence-corrected chi connectivity index (χ2v) is 4.18. The van der Waals surface area contributed by atoms with Gasteiger partial charge in [0.05, 0.1) is 0 Å². The lowest BCUT2D eigenvalue weighted by Crippen LogP contribution is -2.33. The Morgan fingerprint density at radius 3 is 2.83 bits per heavy atom. The number of carbonyl (C=O) groups is 1. The van der Waals surface area contributed by atoms with Crippen LogP contribution in [0.4, 0.5) is 5.69 Å². The SMILES string of the molecule is CCN(C(=O)Cn1cccn1)c1cccc(C)c1. The van der Waals surface area contributed by atoms with Crippen LogP contribution in [0.15, 0.2) is 42.7 Å². The average Bonchev–Trinajstić information content (AvgIpc) is 2.83. The first-order valence-electron chi connectivity index (χ1n) is 6.05. The molecule has 18 heavy (non-hydrogen) atoms. The Hall–Kier alpha value is -2.10. The van der Waals surface area contributed by atoms with Crippen molar-refractivity contribution in [2.24, 2.45) is 0 Å². The molecule has 0 aliphatic rings. The van der Waals surface area contributed by atoms with Crippen molar-refractivity contribution in [1.82, 2.24) is 9.78 Å². The van der Waals surface area contributed by atoms with E-state index in [0.717, 1.165) is 11.3 Å². The highest BCUT2D eigenvalue weighted by Crippen LogP contribution is 2.16. The Kier molecular flexibility index (Phi) is 3.77. The summed E-state index contributed by atoms with van der Waals surface area (Å²) < 4.78 is 1.64. The Morgan fingerprint density at radius 2 is 2.22 bits per heavy atom. The molecule has 1 amide bonds. The molecule has 0 N–H and O–H groups in total. The number of aromatic nitrogens is 2. The topological polar surface area (TPSA) is 38.1 Å². The molecule has 0 saturated heterocycles. The van der Waals surface area contributed by atoms with Crippen LogP contribution in [0.3, 0.4) is 0 Å². The van der Waals surface area contributed by atoms with E-state index in [1.807, 2.05) is 44.2 Å². The van der Waals surface area contributed by atoms with Crippen molar-refractivity contribution >= 4 is 11.6 Å². The first-order valence-corrected chi connectivity index (χ1v) is 6.05. The van der Waals surface area contributed by atoms with Gasteiger partial charge in [0.2, 0.25) is 5.91 Å². The summed E-state index contributed by atoms with van der Waals surface area (Å²) in [7, 11) is 0. The fourth-order valence-corrected chi connectivity index (χ4v) is 1.92. The summed E-state index contributed by atoms with van der Waals surface area (Å²) >= 11 is 0. The van der Waals surface area contributed by atoms with E-state index in [2.05, 4.69) is 5.10 Å². The van der Waals surface area contributed by atoms with Gasteiger partial charge in [-0.25, -0.2) is 0 Å². The normalized spacial score (nSPS) is 10.3. The second-order valence-electron chi connectivity index (χ2n) is 4.18. The second kappa shape index (κ2) is 5.49. The molecule has 0 bridgehead atoms. The molecule has 1 heterocycles. The number of nitrogens with zero attached hydrogens (tertiary/aromatic N) is 3. The molecule has 0 aliphatic heterocycles. The number of aryl methyl sites for hydroxylation is 1. The van der Waals surface area contributed by atoms with Crippen molar-refractivity contribution < 1.29 is 4.79 Å². The van der Waals surface area contributed by atoms with Gasteiger partial charge in [0.1, 0.15) is 6.54 Å². The molecule has 0 spiro atoms. The average molecular weight is 243 g/mol. The number of likely N-dealkylation sites (N-methyl/N-ethyl adjacent to an activating group) is 1. The van der Waals surface area contributed by atoms with Gasteiger partial charge in [0.25, 0.3) is 0 Å². The maximum atomic E-state index is 12.2. The van der Waals surface area contributed by atoms with Gasteiger partial charge in [0, 0.05) is 24.6 Å². The Labute approximate surface area is 107 Å². The van der Waals surface area contributed by atoms with Crippen molar-refractivity contribution in [3.63, 3.8) is 0 Å². The molecule has 0 saturated carbocycles. The van der Waals surface area contributed by atoms with Gasteiger partial charge in [-0.1, -0.05) is 12.1 Å². The van der Waals surface area contributed by atoms with Crippen LogP contribution < -0.4 is 4.90 Å². The first kappa shape index (κ1) is 12.4. The van der Waals surface area contributed by atoms with Crippen molar-refractivity contribution in [2.75, 3.05) is 11.4 Å². The molecular formula is C14H17N3O. The van der Waals surface area contributed by atoms with Crippen LogP contribution in [0.25, 0.3) is 0 Å². The molecule has 0 aliphatic carbocycles. The number of benzene rings is 1. The summed E-state index contributed by atoms with van der Waals surface area (Å²) in [5.41, 5.74) is 2.09. The molecule has 0 radical (unpaired) electrons. The molecule has 0 fully saturated rings. The van der Waals surface area contributed by atoms with Crippen LogP contribution in [-0.2, 0) is 11.3 Å². The minimum atomic E-state index is 0.0480. The molecule has 0 atom stereocenters. The zero-order chi connectivity index (χ0) is 13.0. The van der Waals surface area contributed by atoms with Crippen LogP contribution in [0.2, 0.25) is 0 Å². The van der Waals surface area contributed by atoms with Gasteiger partial charge in [-0.2, -0.15) is 5.10 Å². The predicted molar refractivity (Wildman–Crippen MR) is 71.4 cm³/mol. The summed E-state index contributed by atoms with van der Waals surface area (Å²) in [6.45, 7) is 4.93. The Bertz CT molecular complexity index is 520. The molecular weight excluding hydrogens is 226 g/mol. The van der Waals surface area contributed by atoms with E-state index in [1.165, 1.54) is 0 Å². The number of anilines is 1. The van der Waals surface area contributed by atoms with E-state index in [1.54, 1.807) is 22.0 Å². The van der Waals surface area contributed by atoms with Crippen LogP contribution in [0.5, 0.6) is 0 Å². The number of hydrogen-bond donors (Lipinski definition) is 0. The molecule has 4 nitrogen and oxygen atoms in total. The fraction of sp³-hybridized carbons (Fsp3) is 0.286. The number of amides is 1. The van der Waals surface area contributed by atoms with E-state index < -0.39 is 0 Å². The van der Waals surface area contributed by atoms with E-state index in [4.69, 9.17) is 0 Å². The van der Waals surface area contributed by atoms with Crippen LogP contribution in [0, 0.1) is 6.92 Å². The molecule has 1 aromatic carbocycles. The maximum Gasteiger partial charge on any atom is 0.248 e. The lowest BCUT2D eigenvalue weighted by atomic mass is 10.2. The predicted octanol–water partition coefficient (Wildman–Crippen LogP) is 2.24. The summed E-state index contributed by atoms with van der Waals surface area (Å²) in [6.07, 6.45) is 3.47.